The molecule has 2 amide bonds. The lowest BCUT2D eigenvalue weighted by Gasteiger charge is -2.51. The molecule has 4 heterocycles. The fourth-order valence-electron chi connectivity index (χ4n) is 6.40. The summed E-state index contributed by atoms with van der Waals surface area (Å²) in [5.74, 6) is 0.492. The molecular weight excluding hydrogens is 553 g/mol. The lowest BCUT2D eigenvalue weighted by atomic mass is 9.61. The van der Waals surface area contributed by atoms with Crippen molar-refractivity contribution in [2.75, 3.05) is 43.5 Å². The van der Waals surface area contributed by atoms with Gasteiger partial charge in [0.15, 0.2) is 0 Å². The number of likely N-dealkylation sites (N-methyl/N-ethyl adjacent to an activating group) is 1. The van der Waals surface area contributed by atoms with Crippen molar-refractivity contribution in [2.45, 2.75) is 65.1 Å². The number of carbonyl (C=O) groups excluding carboxylic acids is 2. The number of ether oxygens (including phenoxy) is 3. The van der Waals surface area contributed by atoms with E-state index in [9.17, 15) is 9.59 Å². The van der Waals surface area contributed by atoms with Gasteiger partial charge >= 0.3 is 12.2 Å². The second kappa shape index (κ2) is 10.8. The van der Waals surface area contributed by atoms with Crippen molar-refractivity contribution in [3.05, 3.63) is 42.0 Å². The summed E-state index contributed by atoms with van der Waals surface area (Å²) < 4.78 is 32.1. The number of likely N-dealkylation sites (tertiary alicyclic amines) is 1. The topological polar surface area (TPSA) is 106 Å². The van der Waals surface area contributed by atoms with E-state index in [0.717, 1.165) is 48.9 Å². The second-order valence-corrected chi connectivity index (χ2v) is 13.0. The van der Waals surface area contributed by atoms with Gasteiger partial charge in [0.1, 0.15) is 35.6 Å². The number of benzene rings is 1. The minimum absolute atomic E-state index is 0.0930. The number of anilines is 2. The number of piperidine rings is 1. The van der Waals surface area contributed by atoms with Gasteiger partial charge in [0, 0.05) is 49.0 Å². The Hall–Kier alpha value is -4.15. The first-order valence-electron chi connectivity index (χ1n) is 14.8. The van der Waals surface area contributed by atoms with Crippen LogP contribution in [0.3, 0.4) is 0 Å². The average Bonchev–Trinajstić information content (AvgIpc) is 2.92. The van der Waals surface area contributed by atoms with Crippen molar-refractivity contribution in [1.29, 1.82) is 0 Å². The summed E-state index contributed by atoms with van der Waals surface area (Å²) in [4.78, 5) is 37.7. The summed E-state index contributed by atoms with van der Waals surface area (Å²) in [5, 5.41) is 4.07. The summed E-state index contributed by atoms with van der Waals surface area (Å²) in [6, 6.07) is 4.91. The SMILES string of the molecule is Cc1c(-c2cc3cc(NC(=O)OC4CC5(CCN(C(=O)OC(C)(C)C)CC5)C4)ncc3cc2F)cnc2c1N(C)CCO2. The summed E-state index contributed by atoms with van der Waals surface area (Å²) in [5.41, 5.74) is 2.41. The zero-order valence-electron chi connectivity index (χ0n) is 25.3. The zero-order valence-corrected chi connectivity index (χ0v) is 25.3. The first kappa shape index (κ1) is 28.9. The molecule has 0 unspecified atom stereocenters. The van der Waals surface area contributed by atoms with E-state index in [0.29, 0.717) is 47.9 Å². The number of hydrogen-bond acceptors (Lipinski definition) is 8. The quantitative estimate of drug-likeness (QED) is 0.378. The van der Waals surface area contributed by atoms with Crippen LogP contribution in [0.4, 0.5) is 25.5 Å². The van der Waals surface area contributed by atoms with E-state index in [1.165, 1.54) is 12.3 Å². The van der Waals surface area contributed by atoms with E-state index in [1.807, 2.05) is 34.7 Å². The van der Waals surface area contributed by atoms with Crippen molar-refractivity contribution < 1.29 is 28.2 Å². The average molecular weight is 592 g/mol. The third-order valence-electron chi connectivity index (χ3n) is 8.72. The Balaban J connectivity index is 1.08. The smallest absolute Gasteiger partial charge is 0.413 e. The van der Waals surface area contributed by atoms with E-state index in [1.54, 1.807) is 23.2 Å². The Kier molecular flexibility index (Phi) is 7.30. The molecule has 228 valence electrons. The minimum Gasteiger partial charge on any atom is -0.474 e. The Morgan fingerprint density at radius 2 is 1.79 bits per heavy atom. The van der Waals surface area contributed by atoms with Gasteiger partial charge in [-0.1, -0.05) is 0 Å². The number of nitrogens with zero attached hydrogens (tertiary/aromatic N) is 4. The number of fused-ring (bicyclic) bond motifs is 2. The lowest BCUT2D eigenvalue weighted by molar-refractivity contribution is -0.0716. The summed E-state index contributed by atoms with van der Waals surface area (Å²) in [7, 11) is 1.97. The third kappa shape index (κ3) is 5.89. The number of nitrogens with one attached hydrogen (secondary N) is 1. The molecule has 0 radical (unpaired) electrons. The fraction of sp³-hybridized carbons (Fsp3) is 0.500. The van der Waals surface area contributed by atoms with Gasteiger partial charge in [0.05, 0.1) is 6.54 Å². The van der Waals surface area contributed by atoms with Gasteiger partial charge in [-0.05, 0) is 87.9 Å². The van der Waals surface area contributed by atoms with Crippen LogP contribution < -0.4 is 15.0 Å². The molecule has 2 aromatic heterocycles. The molecule has 6 rings (SSSR count). The lowest BCUT2D eigenvalue weighted by Crippen LogP contribution is -2.52. The van der Waals surface area contributed by atoms with Crippen LogP contribution in [0.25, 0.3) is 21.9 Å². The number of halogens is 1. The van der Waals surface area contributed by atoms with Gasteiger partial charge in [0.25, 0.3) is 0 Å². The number of hydrogen-bond donors (Lipinski definition) is 1. The molecular formula is C32H38FN5O5. The predicted molar refractivity (Wildman–Crippen MR) is 161 cm³/mol. The molecule has 2 aliphatic heterocycles. The van der Waals surface area contributed by atoms with Gasteiger partial charge in [-0.2, -0.15) is 0 Å². The van der Waals surface area contributed by atoms with Gasteiger partial charge in [-0.15, -0.1) is 0 Å². The largest absolute Gasteiger partial charge is 0.474 e. The van der Waals surface area contributed by atoms with Crippen molar-refractivity contribution in [1.82, 2.24) is 14.9 Å². The van der Waals surface area contributed by atoms with E-state index in [2.05, 4.69) is 20.2 Å². The van der Waals surface area contributed by atoms with Crippen molar-refractivity contribution in [3.8, 4) is 17.0 Å². The molecule has 3 aliphatic rings. The Bertz CT molecular complexity index is 1570. The standard InChI is InChI=1S/C32H38FN5O5/c1-19-24(18-35-28-27(19)37(5)10-11-41-28)23-12-20-14-26(34-17-21(20)13-25(23)33)36-29(39)42-22-15-32(16-22)6-8-38(9-7-32)30(40)43-31(2,3)4/h12-14,17-18,22H,6-11,15-16H2,1-5H3,(H,34,36,39). The molecule has 11 heteroatoms. The molecule has 1 aliphatic carbocycles. The molecule has 1 aromatic carbocycles. The molecule has 0 bridgehead atoms. The second-order valence-electron chi connectivity index (χ2n) is 13.0. The number of rotatable bonds is 3. The zero-order chi connectivity index (χ0) is 30.5. The predicted octanol–water partition coefficient (Wildman–Crippen LogP) is 6.30. The maximum Gasteiger partial charge on any atom is 0.413 e. The number of pyridine rings is 2. The Morgan fingerprint density at radius 1 is 1.05 bits per heavy atom. The molecule has 10 nitrogen and oxygen atoms in total. The van der Waals surface area contributed by atoms with Crippen molar-refractivity contribution in [3.63, 3.8) is 0 Å². The molecule has 0 atom stereocenters. The maximum absolute atomic E-state index is 15.3. The third-order valence-corrected chi connectivity index (χ3v) is 8.72. The molecule has 3 aromatic rings. The highest BCUT2D eigenvalue weighted by atomic mass is 19.1. The Morgan fingerprint density at radius 3 is 2.51 bits per heavy atom. The van der Waals surface area contributed by atoms with E-state index >= 15 is 4.39 Å². The van der Waals surface area contributed by atoms with Crippen LogP contribution in [0.2, 0.25) is 0 Å². The van der Waals surface area contributed by atoms with Gasteiger partial charge in [-0.3, -0.25) is 5.32 Å². The van der Waals surface area contributed by atoms with Crippen LogP contribution in [0, 0.1) is 18.2 Å². The summed E-state index contributed by atoms with van der Waals surface area (Å²) >= 11 is 0. The molecule has 2 fully saturated rings. The normalized spacial score (nSPS) is 18.1. The van der Waals surface area contributed by atoms with Crippen LogP contribution in [0.15, 0.2) is 30.6 Å². The first-order chi connectivity index (χ1) is 20.4. The summed E-state index contributed by atoms with van der Waals surface area (Å²) in [6.07, 6.45) is 5.41. The fourth-order valence-corrected chi connectivity index (χ4v) is 6.40. The highest BCUT2D eigenvalue weighted by Gasteiger charge is 2.48. The number of amides is 2. The van der Waals surface area contributed by atoms with Gasteiger partial charge in [-0.25, -0.2) is 23.9 Å². The van der Waals surface area contributed by atoms with E-state index in [-0.39, 0.29) is 23.4 Å². The van der Waals surface area contributed by atoms with E-state index in [4.69, 9.17) is 14.2 Å². The minimum atomic E-state index is -0.571. The molecule has 1 N–H and O–H groups in total. The molecule has 43 heavy (non-hydrogen) atoms. The maximum atomic E-state index is 15.3. The summed E-state index contributed by atoms with van der Waals surface area (Å²) in [6.45, 7) is 10.1. The van der Waals surface area contributed by atoms with Crippen LogP contribution >= 0.6 is 0 Å². The first-order valence-corrected chi connectivity index (χ1v) is 14.8. The number of carbonyl (C=O) groups is 2. The van der Waals surface area contributed by atoms with Crippen LogP contribution in [-0.2, 0) is 9.47 Å². The highest BCUT2D eigenvalue weighted by Crippen LogP contribution is 2.50. The van der Waals surface area contributed by atoms with Crippen LogP contribution in [-0.4, -0.2) is 72.0 Å². The van der Waals surface area contributed by atoms with Crippen LogP contribution in [0.1, 0.15) is 52.0 Å². The Labute approximate surface area is 250 Å². The van der Waals surface area contributed by atoms with E-state index < -0.39 is 11.7 Å². The molecule has 1 spiro atoms. The van der Waals surface area contributed by atoms with Gasteiger partial charge < -0.3 is 24.0 Å². The van der Waals surface area contributed by atoms with Crippen LogP contribution in [0.5, 0.6) is 5.88 Å². The van der Waals surface area contributed by atoms with Gasteiger partial charge in [0.2, 0.25) is 5.88 Å². The molecule has 1 saturated heterocycles. The highest BCUT2D eigenvalue weighted by molar-refractivity contribution is 5.92. The molecule has 1 saturated carbocycles. The monoisotopic (exact) mass is 591 g/mol. The van der Waals surface area contributed by atoms with Crippen molar-refractivity contribution in [2.24, 2.45) is 5.41 Å². The van der Waals surface area contributed by atoms with Crippen molar-refractivity contribution >= 4 is 34.5 Å². The number of aromatic nitrogens is 2.